The molecular weight excluding hydrogens is 382 g/mol. The zero-order valence-corrected chi connectivity index (χ0v) is 15.9. The Morgan fingerprint density at radius 3 is 2.57 bits per heavy atom. The van der Waals surface area contributed by atoms with Gasteiger partial charge < -0.3 is 19.7 Å². The molecule has 8 heteroatoms. The lowest BCUT2D eigenvalue weighted by Crippen LogP contribution is -2.35. The van der Waals surface area contributed by atoms with E-state index in [1.165, 1.54) is 4.90 Å². The maximum Gasteiger partial charge on any atom is 0.407 e. The first-order valence-electron chi connectivity index (χ1n) is 9.48. The Balaban J connectivity index is 1.50. The fourth-order valence-corrected chi connectivity index (χ4v) is 3.72. The van der Waals surface area contributed by atoms with Gasteiger partial charge in [0.1, 0.15) is 28.8 Å². The smallest absolute Gasteiger partial charge is 0.407 e. The van der Waals surface area contributed by atoms with E-state index in [0.717, 1.165) is 22.7 Å². The lowest BCUT2D eigenvalue weighted by atomic mass is 10.1. The summed E-state index contributed by atoms with van der Waals surface area (Å²) < 4.78 is 7.48. The number of aromatic nitrogens is 3. The average Bonchev–Trinajstić information content (AvgIpc) is 3.30. The van der Waals surface area contributed by atoms with Crippen LogP contribution < -0.4 is 4.74 Å². The molecular formula is C22H17N5O3. The number of nitrogens with one attached hydrogen (secondary N) is 1. The van der Waals surface area contributed by atoms with E-state index < -0.39 is 6.09 Å². The number of nitriles is 1. The molecule has 2 N–H and O–H groups in total. The maximum absolute atomic E-state index is 11.4. The molecule has 0 fully saturated rings. The van der Waals surface area contributed by atoms with Gasteiger partial charge in [-0.2, -0.15) is 10.4 Å². The summed E-state index contributed by atoms with van der Waals surface area (Å²) in [6.45, 7) is 0.657. The van der Waals surface area contributed by atoms with E-state index in [1.807, 2.05) is 54.6 Å². The van der Waals surface area contributed by atoms with Crippen molar-refractivity contribution in [1.29, 1.82) is 5.26 Å². The highest BCUT2D eigenvalue weighted by atomic mass is 16.5. The van der Waals surface area contributed by atoms with E-state index in [-0.39, 0.29) is 6.54 Å². The van der Waals surface area contributed by atoms with Crippen molar-refractivity contribution in [2.45, 2.75) is 13.0 Å². The molecule has 0 unspecified atom stereocenters. The lowest BCUT2D eigenvalue weighted by molar-refractivity contribution is 0.138. The van der Waals surface area contributed by atoms with E-state index in [2.05, 4.69) is 16.2 Å². The summed E-state index contributed by atoms with van der Waals surface area (Å²) in [6.07, 6.45) is -0.395. The fourth-order valence-electron chi connectivity index (χ4n) is 3.72. The van der Waals surface area contributed by atoms with Crippen LogP contribution in [0.5, 0.6) is 11.5 Å². The van der Waals surface area contributed by atoms with Crippen LogP contribution in [-0.2, 0) is 13.0 Å². The molecule has 0 saturated heterocycles. The molecule has 4 aromatic rings. The Morgan fingerprint density at radius 2 is 1.87 bits per heavy atom. The normalized spacial score (nSPS) is 13.1. The summed E-state index contributed by atoms with van der Waals surface area (Å²) in [5, 5.41) is 23.7. The van der Waals surface area contributed by atoms with Crippen molar-refractivity contribution < 1.29 is 14.6 Å². The average molecular weight is 399 g/mol. The van der Waals surface area contributed by atoms with Gasteiger partial charge in [-0.15, -0.1) is 0 Å². The lowest BCUT2D eigenvalue weighted by Gasteiger charge is -2.23. The molecule has 0 saturated carbocycles. The number of hydrogen-bond donors (Lipinski definition) is 2. The number of hydrogen-bond acceptors (Lipinski definition) is 4. The number of ether oxygens (including phenoxy) is 1. The molecule has 5 rings (SSSR count). The molecule has 0 radical (unpaired) electrons. The molecule has 0 atom stereocenters. The summed E-state index contributed by atoms with van der Waals surface area (Å²) in [6, 6.07) is 19.1. The first-order chi connectivity index (χ1) is 14.6. The van der Waals surface area contributed by atoms with Crippen LogP contribution >= 0.6 is 0 Å². The topological polar surface area (TPSA) is 107 Å². The Labute approximate surface area is 171 Å². The highest BCUT2D eigenvalue weighted by Crippen LogP contribution is 2.31. The third-order valence-electron chi connectivity index (χ3n) is 5.22. The molecule has 0 aliphatic carbocycles. The Hall–Kier alpha value is -4.25. The van der Waals surface area contributed by atoms with Crippen molar-refractivity contribution in [2.75, 3.05) is 6.54 Å². The minimum atomic E-state index is -0.961. The molecule has 1 aliphatic rings. The Kier molecular flexibility index (Phi) is 4.14. The van der Waals surface area contributed by atoms with Crippen molar-refractivity contribution in [1.82, 2.24) is 19.5 Å². The monoisotopic (exact) mass is 399 g/mol. The van der Waals surface area contributed by atoms with Crippen molar-refractivity contribution in [2.24, 2.45) is 0 Å². The van der Waals surface area contributed by atoms with Gasteiger partial charge in [-0.05, 0) is 36.4 Å². The fraction of sp³-hybridized carbons (Fsp3) is 0.136. The van der Waals surface area contributed by atoms with Crippen LogP contribution in [0.2, 0.25) is 0 Å². The van der Waals surface area contributed by atoms with E-state index in [0.29, 0.717) is 35.6 Å². The molecule has 3 heterocycles. The van der Waals surface area contributed by atoms with E-state index in [9.17, 15) is 15.2 Å². The standard InChI is InChI=1S/C22H17N5O3/c23-12-17-20(14-6-8-16(9-7-14)30-15-4-2-1-3-5-15)25-27-19-13-26(22(28)29)11-10-18(19)24-21(17)27/h1-9,24H,10-11,13H2,(H,28,29). The molecule has 1 amide bonds. The second kappa shape index (κ2) is 6.97. The van der Waals surface area contributed by atoms with Crippen molar-refractivity contribution >= 4 is 11.7 Å². The number of benzene rings is 2. The van der Waals surface area contributed by atoms with E-state index >= 15 is 0 Å². The molecule has 148 valence electrons. The summed E-state index contributed by atoms with van der Waals surface area (Å²) in [4.78, 5) is 16.0. The van der Waals surface area contributed by atoms with Gasteiger partial charge in [0.25, 0.3) is 0 Å². The van der Waals surface area contributed by atoms with E-state index in [4.69, 9.17) is 4.74 Å². The van der Waals surface area contributed by atoms with Crippen molar-refractivity contribution in [3.8, 4) is 28.8 Å². The number of imidazole rings is 1. The van der Waals surface area contributed by atoms with Crippen LogP contribution in [0.4, 0.5) is 4.79 Å². The van der Waals surface area contributed by atoms with E-state index in [1.54, 1.807) is 4.52 Å². The van der Waals surface area contributed by atoms with Crippen LogP contribution in [0.15, 0.2) is 54.6 Å². The SMILES string of the molecule is N#Cc1c(-c2ccc(Oc3ccccc3)cc2)nn2c3c([nH]c12)CCN(C(=O)O)C3. The van der Waals surface area contributed by atoms with Crippen LogP contribution in [0.1, 0.15) is 17.0 Å². The van der Waals surface area contributed by atoms with Gasteiger partial charge in [0, 0.05) is 24.2 Å². The molecule has 1 aliphatic heterocycles. The van der Waals surface area contributed by atoms with Crippen LogP contribution in [-0.4, -0.2) is 37.2 Å². The van der Waals surface area contributed by atoms with Gasteiger partial charge in [-0.3, -0.25) is 0 Å². The maximum atomic E-state index is 11.4. The third kappa shape index (κ3) is 2.93. The summed E-state index contributed by atoms with van der Waals surface area (Å²) >= 11 is 0. The quantitative estimate of drug-likeness (QED) is 0.541. The number of carbonyl (C=O) groups is 1. The number of para-hydroxylation sites is 1. The molecule has 2 aromatic heterocycles. The number of nitrogens with zero attached hydrogens (tertiary/aromatic N) is 4. The molecule has 8 nitrogen and oxygen atoms in total. The first kappa shape index (κ1) is 17.8. The molecule has 0 spiro atoms. The minimum Gasteiger partial charge on any atom is -0.465 e. The highest BCUT2D eigenvalue weighted by Gasteiger charge is 2.27. The van der Waals surface area contributed by atoms with Crippen LogP contribution in [0.25, 0.3) is 16.9 Å². The summed E-state index contributed by atoms with van der Waals surface area (Å²) in [7, 11) is 0. The number of rotatable bonds is 3. The molecule has 2 aromatic carbocycles. The second-order valence-corrected chi connectivity index (χ2v) is 7.04. The number of H-pyrrole nitrogens is 1. The van der Waals surface area contributed by atoms with Gasteiger partial charge >= 0.3 is 6.09 Å². The second-order valence-electron chi connectivity index (χ2n) is 7.04. The van der Waals surface area contributed by atoms with Gasteiger partial charge in [-0.1, -0.05) is 18.2 Å². The predicted octanol–water partition coefficient (Wildman–Crippen LogP) is 4.03. The zero-order valence-electron chi connectivity index (χ0n) is 15.9. The van der Waals surface area contributed by atoms with Gasteiger partial charge in [0.2, 0.25) is 0 Å². The number of carboxylic acid groups (broad SMARTS) is 1. The highest BCUT2D eigenvalue weighted by molar-refractivity contribution is 5.76. The predicted molar refractivity (Wildman–Crippen MR) is 108 cm³/mol. The summed E-state index contributed by atoms with van der Waals surface area (Å²) in [5.74, 6) is 1.43. The Morgan fingerprint density at radius 1 is 1.13 bits per heavy atom. The third-order valence-corrected chi connectivity index (χ3v) is 5.22. The minimum absolute atomic E-state index is 0.237. The van der Waals surface area contributed by atoms with Crippen LogP contribution in [0.3, 0.4) is 0 Å². The van der Waals surface area contributed by atoms with Crippen molar-refractivity contribution in [3.05, 3.63) is 71.5 Å². The largest absolute Gasteiger partial charge is 0.465 e. The number of aromatic amines is 1. The van der Waals surface area contributed by atoms with Crippen molar-refractivity contribution in [3.63, 3.8) is 0 Å². The van der Waals surface area contributed by atoms with Gasteiger partial charge in [0.15, 0.2) is 5.65 Å². The number of fused-ring (bicyclic) bond motifs is 3. The first-order valence-corrected chi connectivity index (χ1v) is 9.48. The van der Waals surface area contributed by atoms with Crippen LogP contribution in [0, 0.1) is 11.3 Å². The van der Waals surface area contributed by atoms with Gasteiger partial charge in [0.05, 0.1) is 12.2 Å². The Bertz CT molecular complexity index is 1280. The number of amides is 1. The van der Waals surface area contributed by atoms with Gasteiger partial charge in [-0.25, -0.2) is 9.31 Å². The molecule has 0 bridgehead atoms. The molecule has 30 heavy (non-hydrogen) atoms. The zero-order chi connectivity index (χ0) is 20.7. The summed E-state index contributed by atoms with van der Waals surface area (Å²) in [5.41, 5.74) is 4.04.